The van der Waals surface area contributed by atoms with Crippen LogP contribution in [0.4, 0.5) is 10.1 Å². The Kier molecular flexibility index (Phi) is 7.65. The number of nitrogens with two attached hydrogens (primary N) is 2. The summed E-state index contributed by atoms with van der Waals surface area (Å²) < 4.78 is 28.8. The largest absolute Gasteiger partial charge is 0.464 e. The maximum atomic E-state index is 13.8. The minimum Gasteiger partial charge on any atom is -0.464 e. The molecule has 1 aliphatic rings. The van der Waals surface area contributed by atoms with Gasteiger partial charge in [-0.05, 0) is 61.1 Å². The van der Waals surface area contributed by atoms with Crippen molar-refractivity contribution >= 4 is 34.9 Å². The average molecular weight is 516 g/mol. The fraction of sp³-hybridized carbons (Fsp3) is 0.333. The SMILES string of the molecule is Cc1ccc([C@@H](C(=O)NC[C@H]2CCCO2)N(Cc2ccc(F)cc2)C(=O)c2snc(C(N)=O)c2N)o1. The molecule has 3 heterocycles. The third-order valence-electron chi connectivity index (χ3n) is 5.80. The molecule has 190 valence electrons. The molecule has 0 bridgehead atoms. The molecular formula is C24H26FN5O5S. The summed E-state index contributed by atoms with van der Waals surface area (Å²) in [5.74, 6) is -1.69. The topological polar surface area (TPSA) is 154 Å². The number of carbonyl (C=O) groups is 3. The van der Waals surface area contributed by atoms with Gasteiger partial charge in [-0.1, -0.05) is 12.1 Å². The molecule has 4 rings (SSSR count). The molecule has 0 unspecified atom stereocenters. The number of anilines is 1. The van der Waals surface area contributed by atoms with Crippen molar-refractivity contribution in [3.63, 3.8) is 0 Å². The van der Waals surface area contributed by atoms with Crippen molar-refractivity contribution < 1.29 is 27.9 Å². The fourth-order valence-corrected chi connectivity index (χ4v) is 4.73. The van der Waals surface area contributed by atoms with Gasteiger partial charge in [-0.15, -0.1) is 0 Å². The number of aryl methyl sites for hydroxylation is 1. The van der Waals surface area contributed by atoms with Gasteiger partial charge in [0.2, 0.25) is 0 Å². The van der Waals surface area contributed by atoms with Crippen LogP contribution in [0.5, 0.6) is 0 Å². The van der Waals surface area contributed by atoms with Gasteiger partial charge in [0.25, 0.3) is 17.7 Å². The van der Waals surface area contributed by atoms with Crippen LogP contribution in [0.15, 0.2) is 40.8 Å². The summed E-state index contributed by atoms with van der Waals surface area (Å²) in [5.41, 5.74) is 11.5. The van der Waals surface area contributed by atoms with Crippen LogP contribution in [0.25, 0.3) is 0 Å². The number of carbonyl (C=O) groups excluding carboxylic acids is 3. The van der Waals surface area contributed by atoms with Crippen LogP contribution in [0.1, 0.15) is 56.1 Å². The molecule has 36 heavy (non-hydrogen) atoms. The average Bonchev–Trinajstić information content (AvgIpc) is 3.60. The molecule has 2 atom stereocenters. The lowest BCUT2D eigenvalue weighted by Crippen LogP contribution is -2.45. The number of nitrogens with zero attached hydrogens (tertiary/aromatic N) is 2. The molecule has 0 radical (unpaired) electrons. The van der Waals surface area contributed by atoms with E-state index in [1.54, 1.807) is 19.1 Å². The molecule has 1 fully saturated rings. The molecule has 3 aromatic rings. The predicted molar refractivity (Wildman–Crippen MR) is 129 cm³/mol. The van der Waals surface area contributed by atoms with Gasteiger partial charge in [0, 0.05) is 19.7 Å². The van der Waals surface area contributed by atoms with Crippen LogP contribution in [-0.4, -0.2) is 46.3 Å². The summed E-state index contributed by atoms with van der Waals surface area (Å²) in [4.78, 5) is 40.2. The number of furan rings is 1. The first kappa shape index (κ1) is 25.3. The Balaban J connectivity index is 1.73. The maximum absolute atomic E-state index is 13.8. The minimum atomic E-state index is -1.20. The van der Waals surface area contributed by atoms with Crippen molar-refractivity contribution in [3.8, 4) is 0 Å². The third kappa shape index (κ3) is 5.55. The van der Waals surface area contributed by atoms with E-state index in [2.05, 4.69) is 9.69 Å². The first-order chi connectivity index (χ1) is 17.2. The smallest absolute Gasteiger partial charge is 0.270 e. The minimum absolute atomic E-state index is 0.0499. The highest BCUT2D eigenvalue weighted by Crippen LogP contribution is 2.31. The van der Waals surface area contributed by atoms with Crippen LogP contribution in [0, 0.1) is 12.7 Å². The molecule has 1 aromatic carbocycles. The van der Waals surface area contributed by atoms with E-state index >= 15 is 0 Å². The second kappa shape index (κ2) is 10.9. The zero-order chi connectivity index (χ0) is 25.8. The lowest BCUT2D eigenvalue weighted by Gasteiger charge is -2.30. The lowest BCUT2D eigenvalue weighted by atomic mass is 10.1. The normalized spacial score (nSPS) is 16.0. The zero-order valence-corrected chi connectivity index (χ0v) is 20.3. The first-order valence-electron chi connectivity index (χ1n) is 11.3. The van der Waals surface area contributed by atoms with Crippen molar-refractivity contribution in [2.45, 2.75) is 38.5 Å². The summed E-state index contributed by atoms with van der Waals surface area (Å²) >= 11 is 0.708. The van der Waals surface area contributed by atoms with E-state index in [0.29, 0.717) is 29.5 Å². The van der Waals surface area contributed by atoms with Crippen molar-refractivity contribution in [1.29, 1.82) is 0 Å². The van der Waals surface area contributed by atoms with E-state index in [-0.39, 0.29) is 41.2 Å². The second-order valence-corrected chi connectivity index (χ2v) is 9.20. The Labute approximate surface area is 210 Å². The molecule has 0 spiro atoms. The quantitative estimate of drug-likeness (QED) is 0.396. The van der Waals surface area contributed by atoms with E-state index < -0.39 is 29.6 Å². The molecule has 0 saturated carbocycles. The molecular weight excluding hydrogens is 489 g/mol. The van der Waals surface area contributed by atoms with E-state index in [4.69, 9.17) is 20.6 Å². The summed E-state index contributed by atoms with van der Waals surface area (Å²) in [6.07, 6.45) is 1.60. The number of nitrogens with one attached hydrogen (secondary N) is 1. The maximum Gasteiger partial charge on any atom is 0.270 e. The molecule has 10 nitrogen and oxygen atoms in total. The van der Waals surface area contributed by atoms with Gasteiger partial charge in [0.05, 0.1) is 11.8 Å². The van der Waals surface area contributed by atoms with Gasteiger partial charge < -0.3 is 30.8 Å². The number of benzene rings is 1. The van der Waals surface area contributed by atoms with Crippen LogP contribution in [-0.2, 0) is 16.1 Å². The van der Waals surface area contributed by atoms with Gasteiger partial charge >= 0.3 is 0 Å². The second-order valence-electron chi connectivity index (χ2n) is 8.43. The van der Waals surface area contributed by atoms with Crippen molar-refractivity contribution in [2.75, 3.05) is 18.9 Å². The zero-order valence-electron chi connectivity index (χ0n) is 19.5. The Bertz CT molecular complexity index is 1250. The molecule has 1 saturated heterocycles. The Morgan fingerprint density at radius 1 is 1.25 bits per heavy atom. The predicted octanol–water partition coefficient (Wildman–Crippen LogP) is 2.54. The highest BCUT2D eigenvalue weighted by atomic mass is 32.1. The fourth-order valence-electron chi connectivity index (χ4n) is 3.97. The van der Waals surface area contributed by atoms with Gasteiger partial charge in [-0.25, -0.2) is 4.39 Å². The van der Waals surface area contributed by atoms with Crippen LogP contribution in [0.2, 0.25) is 0 Å². The number of ether oxygens (including phenoxy) is 1. The van der Waals surface area contributed by atoms with E-state index in [9.17, 15) is 18.8 Å². The van der Waals surface area contributed by atoms with Crippen LogP contribution >= 0.6 is 11.5 Å². The van der Waals surface area contributed by atoms with Crippen molar-refractivity contribution in [1.82, 2.24) is 14.6 Å². The number of hydrogen-bond acceptors (Lipinski definition) is 8. The summed E-state index contributed by atoms with van der Waals surface area (Å²) in [6.45, 7) is 2.53. The molecule has 2 aromatic heterocycles. The van der Waals surface area contributed by atoms with E-state index in [0.717, 1.165) is 12.8 Å². The van der Waals surface area contributed by atoms with Gasteiger partial charge in [-0.2, -0.15) is 4.37 Å². The monoisotopic (exact) mass is 515 g/mol. The highest BCUT2D eigenvalue weighted by Gasteiger charge is 2.37. The molecule has 3 amide bonds. The van der Waals surface area contributed by atoms with Crippen molar-refractivity contribution in [2.24, 2.45) is 5.73 Å². The third-order valence-corrected chi connectivity index (χ3v) is 6.65. The molecule has 0 aliphatic carbocycles. The Morgan fingerprint density at radius 3 is 2.58 bits per heavy atom. The van der Waals surface area contributed by atoms with Gasteiger partial charge in [-0.3, -0.25) is 14.4 Å². The number of aromatic nitrogens is 1. The molecule has 5 N–H and O–H groups in total. The van der Waals surface area contributed by atoms with Crippen LogP contribution < -0.4 is 16.8 Å². The van der Waals surface area contributed by atoms with E-state index in [1.165, 1.54) is 29.2 Å². The number of halogens is 1. The number of hydrogen-bond donors (Lipinski definition) is 3. The highest BCUT2D eigenvalue weighted by molar-refractivity contribution is 7.09. The Morgan fingerprint density at radius 2 is 2.00 bits per heavy atom. The number of rotatable bonds is 9. The number of nitrogen functional groups attached to an aromatic ring is 1. The molecule has 1 aliphatic heterocycles. The first-order valence-corrected chi connectivity index (χ1v) is 12.1. The summed E-state index contributed by atoms with van der Waals surface area (Å²) in [7, 11) is 0. The van der Waals surface area contributed by atoms with Crippen LogP contribution in [0.3, 0.4) is 0 Å². The lowest BCUT2D eigenvalue weighted by molar-refractivity contribution is -0.127. The number of amides is 3. The standard InChI is InChI=1S/C24H26FN5O5S/c1-13-4-9-17(35-13)20(23(32)28-11-16-3-2-10-34-16)30(12-14-5-7-15(25)8-6-14)24(33)21-18(26)19(22(27)31)29-36-21/h4-9,16,20H,2-3,10-12,26H2,1H3,(H2,27,31)(H,28,32)/t16-,20+/m1/s1. The van der Waals surface area contributed by atoms with Crippen molar-refractivity contribution in [3.05, 3.63) is 69.9 Å². The summed E-state index contributed by atoms with van der Waals surface area (Å²) in [5, 5.41) is 2.86. The Hall–Kier alpha value is -3.77. The van der Waals surface area contributed by atoms with Gasteiger partial charge in [0.15, 0.2) is 11.7 Å². The van der Waals surface area contributed by atoms with E-state index in [1.807, 2.05) is 0 Å². The van der Waals surface area contributed by atoms with Gasteiger partial charge in [0.1, 0.15) is 22.2 Å². The molecule has 12 heteroatoms. The number of primary amides is 1. The summed E-state index contributed by atoms with van der Waals surface area (Å²) in [6, 6.07) is 7.63.